The lowest BCUT2D eigenvalue weighted by Gasteiger charge is -2.35. The summed E-state index contributed by atoms with van der Waals surface area (Å²) in [5, 5.41) is 2.34. The van der Waals surface area contributed by atoms with Gasteiger partial charge in [-0.3, -0.25) is 9.69 Å². The second kappa shape index (κ2) is 5.34. The fourth-order valence-electron chi connectivity index (χ4n) is 2.36. The topological polar surface area (TPSA) is 41.6 Å². The molecule has 2 fully saturated rings. The Morgan fingerprint density at radius 1 is 1.69 bits per heavy atom. The molecule has 3 atom stereocenters. The summed E-state index contributed by atoms with van der Waals surface area (Å²) >= 11 is 5.67. The fourth-order valence-corrected chi connectivity index (χ4v) is 2.44. The molecule has 2 aliphatic rings. The number of hydrogen-bond donors (Lipinski definition) is 1. The summed E-state index contributed by atoms with van der Waals surface area (Å²) in [6.45, 7) is 5.15. The molecule has 4 nitrogen and oxygen atoms in total. The number of amides is 1. The molecule has 0 aromatic heterocycles. The number of nitrogens with zero attached hydrogens (tertiary/aromatic N) is 1. The van der Waals surface area contributed by atoms with Gasteiger partial charge in [0.2, 0.25) is 5.91 Å². The van der Waals surface area contributed by atoms with Crippen molar-refractivity contribution in [2.24, 2.45) is 0 Å². The molecule has 0 aromatic carbocycles. The average molecular weight is 247 g/mol. The standard InChI is InChI=1S/C11H19ClN2O2/c1-8(12)11(15)13-5-10-6-14-4-2-3-9(14)7-16-10/h8-10H,2-7H2,1H3,(H,13,15). The lowest BCUT2D eigenvalue weighted by molar-refractivity contribution is -0.121. The normalized spacial score (nSPS) is 32.1. The highest BCUT2D eigenvalue weighted by Gasteiger charge is 2.32. The molecule has 1 amide bonds. The van der Waals surface area contributed by atoms with Crippen LogP contribution in [0.1, 0.15) is 19.8 Å². The molecule has 16 heavy (non-hydrogen) atoms. The second-order valence-electron chi connectivity index (χ2n) is 4.61. The van der Waals surface area contributed by atoms with Crippen LogP contribution in [0.3, 0.4) is 0 Å². The zero-order valence-electron chi connectivity index (χ0n) is 9.62. The Balaban J connectivity index is 1.73. The van der Waals surface area contributed by atoms with E-state index in [0.29, 0.717) is 12.6 Å². The van der Waals surface area contributed by atoms with Crippen LogP contribution in [-0.2, 0) is 9.53 Å². The Kier molecular flexibility index (Phi) is 4.05. The van der Waals surface area contributed by atoms with E-state index in [9.17, 15) is 4.79 Å². The van der Waals surface area contributed by atoms with E-state index in [1.807, 2.05) is 0 Å². The molecule has 0 aromatic rings. The van der Waals surface area contributed by atoms with E-state index < -0.39 is 5.38 Å². The van der Waals surface area contributed by atoms with E-state index in [2.05, 4.69) is 10.2 Å². The van der Waals surface area contributed by atoms with Crippen molar-refractivity contribution < 1.29 is 9.53 Å². The largest absolute Gasteiger partial charge is 0.373 e. The summed E-state index contributed by atoms with van der Waals surface area (Å²) in [5.41, 5.74) is 0. The number of carbonyl (C=O) groups excluding carboxylic acids is 1. The molecule has 2 aliphatic heterocycles. The number of hydrogen-bond acceptors (Lipinski definition) is 3. The van der Waals surface area contributed by atoms with Gasteiger partial charge in [0.25, 0.3) is 0 Å². The zero-order valence-corrected chi connectivity index (χ0v) is 10.4. The maximum absolute atomic E-state index is 11.3. The van der Waals surface area contributed by atoms with Crippen LogP contribution in [0.2, 0.25) is 0 Å². The summed E-state index contributed by atoms with van der Waals surface area (Å²) in [7, 11) is 0. The van der Waals surface area contributed by atoms with Gasteiger partial charge in [-0.1, -0.05) is 0 Å². The summed E-state index contributed by atoms with van der Waals surface area (Å²) in [5.74, 6) is -0.117. The van der Waals surface area contributed by atoms with Gasteiger partial charge in [0.1, 0.15) is 5.38 Å². The van der Waals surface area contributed by atoms with Crippen molar-refractivity contribution in [2.45, 2.75) is 37.3 Å². The quantitative estimate of drug-likeness (QED) is 0.742. The van der Waals surface area contributed by atoms with Gasteiger partial charge >= 0.3 is 0 Å². The van der Waals surface area contributed by atoms with Gasteiger partial charge in [0.15, 0.2) is 0 Å². The molecule has 3 unspecified atom stereocenters. The highest BCUT2D eigenvalue weighted by Crippen LogP contribution is 2.22. The minimum absolute atomic E-state index is 0.117. The van der Waals surface area contributed by atoms with E-state index >= 15 is 0 Å². The number of nitrogens with one attached hydrogen (secondary N) is 1. The molecule has 92 valence electrons. The van der Waals surface area contributed by atoms with Crippen molar-refractivity contribution >= 4 is 17.5 Å². The molecule has 1 N–H and O–H groups in total. The Bertz CT molecular complexity index is 260. The van der Waals surface area contributed by atoms with E-state index in [-0.39, 0.29) is 12.0 Å². The van der Waals surface area contributed by atoms with Crippen LogP contribution in [0.4, 0.5) is 0 Å². The molecule has 0 saturated carbocycles. The first-order chi connectivity index (χ1) is 7.66. The van der Waals surface area contributed by atoms with Crippen LogP contribution in [-0.4, -0.2) is 54.6 Å². The first kappa shape index (κ1) is 12.1. The Morgan fingerprint density at radius 3 is 3.25 bits per heavy atom. The van der Waals surface area contributed by atoms with Crippen LogP contribution in [0.15, 0.2) is 0 Å². The molecule has 2 heterocycles. The van der Waals surface area contributed by atoms with Crippen molar-refractivity contribution in [1.82, 2.24) is 10.2 Å². The predicted molar refractivity (Wildman–Crippen MR) is 62.7 cm³/mol. The van der Waals surface area contributed by atoms with Gasteiger partial charge in [-0.25, -0.2) is 0 Å². The summed E-state index contributed by atoms with van der Waals surface area (Å²) < 4.78 is 5.72. The average Bonchev–Trinajstić information content (AvgIpc) is 2.72. The zero-order chi connectivity index (χ0) is 11.5. The number of halogens is 1. The van der Waals surface area contributed by atoms with Crippen LogP contribution in [0.5, 0.6) is 0 Å². The first-order valence-corrected chi connectivity index (χ1v) is 6.38. The third-order valence-corrected chi connectivity index (χ3v) is 3.52. The maximum atomic E-state index is 11.3. The Morgan fingerprint density at radius 2 is 2.50 bits per heavy atom. The number of morpholine rings is 1. The van der Waals surface area contributed by atoms with Crippen molar-refractivity contribution in [1.29, 1.82) is 0 Å². The minimum Gasteiger partial charge on any atom is -0.373 e. The van der Waals surface area contributed by atoms with Crippen LogP contribution in [0.25, 0.3) is 0 Å². The molecule has 0 aliphatic carbocycles. The van der Waals surface area contributed by atoms with E-state index in [1.54, 1.807) is 6.92 Å². The molecule has 5 heteroatoms. The maximum Gasteiger partial charge on any atom is 0.237 e. The van der Waals surface area contributed by atoms with E-state index in [0.717, 1.165) is 13.2 Å². The Hall–Kier alpha value is -0.320. The summed E-state index contributed by atoms with van der Waals surface area (Å²) in [4.78, 5) is 13.8. The van der Waals surface area contributed by atoms with Crippen LogP contribution < -0.4 is 5.32 Å². The SMILES string of the molecule is CC(Cl)C(=O)NCC1CN2CCCC2CO1. The molecule has 2 rings (SSSR count). The number of fused-ring (bicyclic) bond motifs is 1. The first-order valence-electron chi connectivity index (χ1n) is 5.94. The van der Waals surface area contributed by atoms with Crippen molar-refractivity contribution in [2.75, 3.05) is 26.2 Å². The molecule has 2 saturated heterocycles. The van der Waals surface area contributed by atoms with Crippen LogP contribution in [0, 0.1) is 0 Å². The highest BCUT2D eigenvalue weighted by atomic mass is 35.5. The van der Waals surface area contributed by atoms with Crippen molar-refractivity contribution in [3.05, 3.63) is 0 Å². The number of rotatable bonds is 3. The van der Waals surface area contributed by atoms with Crippen molar-refractivity contribution in [3.63, 3.8) is 0 Å². The number of alkyl halides is 1. The third-order valence-electron chi connectivity index (χ3n) is 3.33. The summed E-state index contributed by atoms with van der Waals surface area (Å²) in [6.07, 6.45) is 2.64. The monoisotopic (exact) mass is 246 g/mol. The minimum atomic E-state index is -0.469. The second-order valence-corrected chi connectivity index (χ2v) is 5.26. The van der Waals surface area contributed by atoms with E-state index in [4.69, 9.17) is 16.3 Å². The molecule has 0 radical (unpaired) electrons. The van der Waals surface area contributed by atoms with Crippen LogP contribution >= 0.6 is 11.6 Å². The lowest BCUT2D eigenvalue weighted by Crippen LogP contribution is -2.50. The third kappa shape index (κ3) is 2.87. The van der Waals surface area contributed by atoms with Gasteiger partial charge in [-0.05, 0) is 26.3 Å². The smallest absolute Gasteiger partial charge is 0.237 e. The predicted octanol–water partition coefficient (Wildman–Crippen LogP) is 0.593. The van der Waals surface area contributed by atoms with Crippen molar-refractivity contribution in [3.8, 4) is 0 Å². The van der Waals surface area contributed by atoms with Gasteiger partial charge < -0.3 is 10.1 Å². The summed E-state index contributed by atoms with van der Waals surface area (Å²) in [6, 6.07) is 0.610. The number of ether oxygens (including phenoxy) is 1. The van der Waals surface area contributed by atoms with E-state index in [1.165, 1.54) is 19.4 Å². The fraction of sp³-hybridized carbons (Fsp3) is 0.909. The molecule has 0 spiro atoms. The lowest BCUT2D eigenvalue weighted by atomic mass is 10.2. The molecule has 0 bridgehead atoms. The van der Waals surface area contributed by atoms with Gasteiger partial charge in [0, 0.05) is 19.1 Å². The number of carbonyl (C=O) groups is 1. The van der Waals surface area contributed by atoms with Gasteiger partial charge in [0.05, 0.1) is 12.7 Å². The van der Waals surface area contributed by atoms with Gasteiger partial charge in [-0.2, -0.15) is 0 Å². The Labute approximate surface area is 101 Å². The molecular formula is C11H19ClN2O2. The van der Waals surface area contributed by atoms with Gasteiger partial charge in [-0.15, -0.1) is 11.6 Å². The highest BCUT2D eigenvalue weighted by molar-refractivity contribution is 6.30. The molecular weight excluding hydrogens is 228 g/mol.